The fourth-order valence-corrected chi connectivity index (χ4v) is 1.91. The van der Waals surface area contributed by atoms with Crippen molar-refractivity contribution in [2.75, 3.05) is 13.4 Å². The van der Waals surface area contributed by atoms with Crippen molar-refractivity contribution in [1.29, 1.82) is 0 Å². The molecule has 1 heterocycles. The molecule has 0 amide bonds. The summed E-state index contributed by atoms with van der Waals surface area (Å²) in [5, 5.41) is 0.986. The number of methoxy groups -OCH3 is 1. The summed E-state index contributed by atoms with van der Waals surface area (Å²) in [6.07, 6.45) is 5.77. The van der Waals surface area contributed by atoms with Crippen LogP contribution in [0.2, 0.25) is 0 Å². The minimum absolute atomic E-state index is 0. The van der Waals surface area contributed by atoms with E-state index in [1.807, 2.05) is 41.3 Å². The van der Waals surface area contributed by atoms with E-state index >= 15 is 0 Å². The van der Waals surface area contributed by atoms with Crippen LogP contribution in [0.25, 0.3) is 5.69 Å². The average molecular weight is 257 g/mol. The number of hydrogen-bond acceptors (Lipinski definition) is 3. The highest BCUT2D eigenvalue weighted by Crippen LogP contribution is 2.20. The second-order valence-electron chi connectivity index (χ2n) is 2.98. The maximum absolute atomic E-state index is 5.11. The molecule has 1 aromatic heterocycles. The Bertz CT molecular complexity index is 442. The molecule has 0 bridgehead atoms. The molecule has 0 atom stereocenters. The van der Waals surface area contributed by atoms with Gasteiger partial charge in [0.25, 0.3) is 0 Å². The first kappa shape index (κ1) is 12.9. The number of hydrogen-bond donors (Lipinski definition) is 0. The number of nitrogens with zero attached hydrogens (tertiary/aromatic N) is 2. The summed E-state index contributed by atoms with van der Waals surface area (Å²) in [7, 11) is 1.67. The maximum Gasteiger partial charge on any atom is 0.172 e. The molecular formula is C11H13ClN2OS. The minimum Gasteiger partial charge on any atom is -0.497 e. The normalized spacial score (nSPS) is 9.62. The smallest absolute Gasteiger partial charge is 0.172 e. The first-order valence-electron chi connectivity index (χ1n) is 4.57. The van der Waals surface area contributed by atoms with Crippen LogP contribution in [0.15, 0.2) is 41.8 Å². The van der Waals surface area contributed by atoms with Crippen molar-refractivity contribution in [2.45, 2.75) is 5.16 Å². The number of halogens is 1. The van der Waals surface area contributed by atoms with Gasteiger partial charge in [-0.05, 0) is 30.5 Å². The third-order valence-electron chi connectivity index (χ3n) is 2.14. The van der Waals surface area contributed by atoms with Gasteiger partial charge in [-0.15, -0.1) is 12.4 Å². The first-order valence-corrected chi connectivity index (χ1v) is 5.79. The number of rotatable bonds is 3. The zero-order valence-electron chi connectivity index (χ0n) is 9.08. The lowest BCUT2D eigenvalue weighted by Gasteiger charge is -2.06. The van der Waals surface area contributed by atoms with Crippen molar-refractivity contribution < 1.29 is 4.74 Å². The van der Waals surface area contributed by atoms with Gasteiger partial charge >= 0.3 is 0 Å². The molecule has 86 valence electrons. The van der Waals surface area contributed by atoms with Crippen molar-refractivity contribution in [3.05, 3.63) is 36.7 Å². The third-order valence-corrected chi connectivity index (χ3v) is 2.81. The number of imidazole rings is 1. The summed E-state index contributed by atoms with van der Waals surface area (Å²) in [5.74, 6) is 0.865. The van der Waals surface area contributed by atoms with E-state index in [1.54, 1.807) is 25.1 Å². The van der Waals surface area contributed by atoms with Gasteiger partial charge in [0.1, 0.15) is 5.75 Å². The Labute approximate surface area is 105 Å². The van der Waals surface area contributed by atoms with Crippen molar-refractivity contribution in [3.63, 3.8) is 0 Å². The highest BCUT2D eigenvalue weighted by atomic mass is 35.5. The number of benzene rings is 1. The first-order chi connectivity index (χ1) is 7.35. The fraction of sp³-hybridized carbons (Fsp3) is 0.182. The fourth-order valence-electron chi connectivity index (χ4n) is 1.38. The molecule has 16 heavy (non-hydrogen) atoms. The topological polar surface area (TPSA) is 27.1 Å². The van der Waals surface area contributed by atoms with Crippen LogP contribution in [0.4, 0.5) is 0 Å². The second-order valence-corrected chi connectivity index (χ2v) is 3.76. The van der Waals surface area contributed by atoms with Crippen LogP contribution in [0.1, 0.15) is 0 Å². The molecule has 2 rings (SSSR count). The quantitative estimate of drug-likeness (QED) is 0.790. The lowest BCUT2D eigenvalue weighted by Crippen LogP contribution is -1.94. The zero-order valence-corrected chi connectivity index (χ0v) is 10.7. The Kier molecular flexibility index (Phi) is 4.71. The molecule has 3 nitrogen and oxygen atoms in total. The van der Waals surface area contributed by atoms with Crippen LogP contribution in [-0.4, -0.2) is 22.9 Å². The van der Waals surface area contributed by atoms with Gasteiger partial charge < -0.3 is 4.74 Å². The van der Waals surface area contributed by atoms with Crippen LogP contribution in [0.5, 0.6) is 5.75 Å². The van der Waals surface area contributed by atoms with Gasteiger partial charge in [0.15, 0.2) is 5.16 Å². The van der Waals surface area contributed by atoms with E-state index in [1.165, 1.54) is 0 Å². The molecule has 0 N–H and O–H groups in total. The summed E-state index contributed by atoms with van der Waals surface area (Å²) >= 11 is 1.63. The molecular weight excluding hydrogens is 244 g/mol. The van der Waals surface area contributed by atoms with Crippen LogP contribution in [-0.2, 0) is 0 Å². The molecule has 0 aliphatic rings. The van der Waals surface area contributed by atoms with E-state index in [9.17, 15) is 0 Å². The molecule has 2 aromatic rings. The van der Waals surface area contributed by atoms with E-state index in [2.05, 4.69) is 4.98 Å². The van der Waals surface area contributed by atoms with Gasteiger partial charge in [-0.3, -0.25) is 4.57 Å². The number of aromatic nitrogens is 2. The highest BCUT2D eigenvalue weighted by molar-refractivity contribution is 7.98. The molecule has 0 unspecified atom stereocenters. The molecule has 0 radical (unpaired) electrons. The minimum atomic E-state index is 0. The molecule has 5 heteroatoms. The lowest BCUT2D eigenvalue weighted by molar-refractivity contribution is 0.414. The summed E-state index contributed by atoms with van der Waals surface area (Å²) in [5.41, 5.74) is 1.10. The molecule has 0 aliphatic carbocycles. The Morgan fingerprint density at radius 2 is 1.94 bits per heavy atom. The van der Waals surface area contributed by atoms with Gasteiger partial charge in [0.05, 0.1) is 7.11 Å². The molecule has 0 spiro atoms. The maximum atomic E-state index is 5.11. The lowest BCUT2D eigenvalue weighted by atomic mass is 10.3. The van der Waals surface area contributed by atoms with Crippen molar-refractivity contribution in [2.24, 2.45) is 0 Å². The number of thioether (sulfide) groups is 1. The Hall–Kier alpha value is -1.13. The van der Waals surface area contributed by atoms with Gasteiger partial charge in [-0.1, -0.05) is 11.8 Å². The van der Waals surface area contributed by atoms with E-state index in [-0.39, 0.29) is 12.4 Å². The summed E-state index contributed by atoms with van der Waals surface area (Å²) in [4.78, 5) is 4.25. The summed E-state index contributed by atoms with van der Waals surface area (Å²) in [6, 6.07) is 7.92. The Morgan fingerprint density at radius 1 is 1.25 bits per heavy atom. The van der Waals surface area contributed by atoms with Crippen LogP contribution in [0.3, 0.4) is 0 Å². The van der Waals surface area contributed by atoms with E-state index in [0.29, 0.717) is 0 Å². The highest BCUT2D eigenvalue weighted by Gasteiger charge is 2.02. The summed E-state index contributed by atoms with van der Waals surface area (Å²) < 4.78 is 7.16. The third kappa shape index (κ3) is 2.51. The standard InChI is InChI=1S/C11H12N2OS.ClH/c1-14-10-5-3-9(4-6-10)13-8-7-12-11(13)15-2;/h3-8H,1-2H3;1H. The Morgan fingerprint density at radius 3 is 2.50 bits per heavy atom. The van der Waals surface area contributed by atoms with E-state index in [0.717, 1.165) is 16.6 Å². The van der Waals surface area contributed by atoms with Crippen LogP contribution in [0, 0.1) is 0 Å². The molecule has 0 fully saturated rings. The largest absolute Gasteiger partial charge is 0.497 e. The zero-order chi connectivity index (χ0) is 10.7. The number of ether oxygens (including phenoxy) is 1. The van der Waals surface area contributed by atoms with Gasteiger partial charge in [-0.25, -0.2) is 4.98 Å². The average Bonchev–Trinajstić information content (AvgIpc) is 2.77. The predicted molar refractivity (Wildman–Crippen MR) is 69.1 cm³/mol. The van der Waals surface area contributed by atoms with Gasteiger partial charge in [-0.2, -0.15) is 0 Å². The monoisotopic (exact) mass is 256 g/mol. The SMILES string of the molecule is COc1ccc(-n2ccnc2SC)cc1.Cl. The van der Waals surface area contributed by atoms with Crippen molar-refractivity contribution in [1.82, 2.24) is 9.55 Å². The summed E-state index contributed by atoms with van der Waals surface area (Å²) in [6.45, 7) is 0. The van der Waals surface area contributed by atoms with Crippen molar-refractivity contribution in [3.8, 4) is 11.4 Å². The van der Waals surface area contributed by atoms with E-state index < -0.39 is 0 Å². The van der Waals surface area contributed by atoms with Crippen molar-refractivity contribution >= 4 is 24.2 Å². The molecule has 0 saturated carbocycles. The Balaban J connectivity index is 0.00000128. The van der Waals surface area contributed by atoms with Crippen LogP contribution < -0.4 is 4.74 Å². The molecule has 0 saturated heterocycles. The molecule has 1 aromatic carbocycles. The van der Waals surface area contributed by atoms with Crippen LogP contribution >= 0.6 is 24.2 Å². The predicted octanol–water partition coefficient (Wildman–Crippen LogP) is 3.02. The van der Waals surface area contributed by atoms with Gasteiger partial charge in [0, 0.05) is 18.1 Å². The molecule has 0 aliphatic heterocycles. The second kappa shape index (κ2) is 5.82. The van der Waals surface area contributed by atoms with Gasteiger partial charge in [0.2, 0.25) is 0 Å². The van der Waals surface area contributed by atoms with E-state index in [4.69, 9.17) is 4.74 Å².